The van der Waals surface area contributed by atoms with Crippen molar-refractivity contribution in [2.75, 3.05) is 13.1 Å². The maximum atomic E-state index is 11.1. The Kier molecular flexibility index (Phi) is 5.15. The van der Waals surface area contributed by atoms with Gasteiger partial charge in [0.25, 0.3) is 0 Å². The standard InChI is InChI=1S/C10H15N3O4/c1-2-12-9(14)3-4-11-6-7-5-8(10(15)16)13-17-7/h5,11H,2-4,6H2,1H3,(H,12,14)(H,15,16). The van der Waals surface area contributed by atoms with Crippen molar-refractivity contribution in [3.63, 3.8) is 0 Å². The number of nitrogens with one attached hydrogen (secondary N) is 2. The molecule has 0 spiro atoms. The Bertz CT molecular complexity index is 389. The molecule has 0 radical (unpaired) electrons. The molecule has 0 aliphatic carbocycles. The Morgan fingerprint density at radius 1 is 1.53 bits per heavy atom. The van der Waals surface area contributed by atoms with Crippen LogP contribution < -0.4 is 10.6 Å². The minimum atomic E-state index is -1.12. The van der Waals surface area contributed by atoms with Crippen LogP contribution in [0.4, 0.5) is 0 Å². The molecule has 0 unspecified atom stereocenters. The van der Waals surface area contributed by atoms with Crippen LogP contribution in [0.5, 0.6) is 0 Å². The fourth-order valence-corrected chi connectivity index (χ4v) is 1.20. The van der Waals surface area contributed by atoms with Crippen LogP contribution >= 0.6 is 0 Å². The molecule has 17 heavy (non-hydrogen) atoms. The van der Waals surface area contributed by atoms with Crippen molar-refractivity contribution in [1.29, 1.82) is 0 Å². The molecule has 1 aromatic rings. The number of carboxylic acids is 1. The van der Waals surface area contributed by atoms with Crippen molar-refractivity contribution < 1.29 is 19.2 Å². The van der Waals surface area contributed by atoms with Gasteiger partial charge in [0.1, 0.15) is 0 Å². The number of aromatic carboxylic acids is 1. The highest BCUT2D eigenvalue weighted by Crippen LogP contribution is 2.02. The Hall–Kier alpha value is -1.89. The van der Waals surface area contributed by atoms with Gasteiger partial charge >= 0.3 is 5.97 Å². The molecule has 1 amide bonds. The molecule has 94 valence electrons. The third-order valence-electron chi connectivity index (χ3n) is 1.98. The summed E-state index contributed by atoms with van der Waals surface area (Å²) in [5.41, 5.74) is -0.120. The van der Waals surface area contributed by atoms with E-state index >= 15 is 0 Å². The van der Waals surface area contributed by atoms with Gasteiger partial charge in [-0.15, -0.1) is 0 Å². The van der Waals surface area contributed by atoms with Crippen molar-refractivity contribution in [3.05, 3.63) is 17.5 Å². The largest absolute Gasteiger partial charge is 0.476 e. The number of rotatable bonds is 7. The van der Waals surface area contributed by atoms with Gasteiger partial charge in [-0.05, 0) is 6.92 Å². The van der Waals surface area contributed by atoms with Crippen LogP contribution in [0.1, 0.15) is 29.6 Å². The highest BCUT2D eigenvalue weighted by atomic mass is 16.5. The van der Waals surface area contributed by atoms with E-state index in [0.717, 1.165) is 0 Å². The van der Waals surface area contributed by atoms with E-state index in [1.165, 1.54) is 6.07 Å². The monoisotopic (exact) mass is 241 g/mol. The van der Waals surface area contributed by atoms with E-state index in [1.807, 2.05) is 6.92 Å². The van der Waals surface area contributed by atoms with Gasteiger partial charge in [-0.1, -0.05) is 5.16 Å². The zero-order valence-electron chi connectivity index (χ0n) is 9.52. The highest BCUT2D eigenvalue weighted by molar-refractivity contribution is 5.85. The Labute approximate surface area is 98.2 Å². The first-order valence-corrected chi connectivity index (χ1v) is 5.29. The van der Waals surface area contributed by atoms with Crippen LogP contribution in [0, 0.1) is 0 Å². The van der Waals surface area contributed by atoms with E-state index < -0.39 is 5.97 Å². The molecule has 0 saturated heterocycles. The number of amides is 1. The first-order valence-electron chi connectivity index (χ1n) is 5.29. The zero-order valence-corrected chi connectivity index (χ0v) is 9.52. The summed E-state index contributed by atoms with van der Waals surface area (Å²) in [5.74, 6) is -0.718. The zero-order chi connectivity index (χ0) is 12.7. The van der Waals surface area contributed by atoms with Crippen molar-refractivity contribution in [1.82, 2.24) is 15.8 Å². The summed E-state index contributed by atoms with van der Waals surface area (Å²) >= 11 is 0. The first kappa shape index (κ1) is 13.2. The topological polar surface area (TPSA) is 104 Å². The Morgan fingerprint density at radius 2 is 2.29 bits per heavy atom. The predicted molar refractivity (Wildman–Crippen MR) is 58.5 cm³/mol. The van der Waals surface area contributed by atoms with Crippen LogP contribution in [0.2, 0.25) is 0 Å². The smallest absolute Gasteiger partial charge is 0.358 e. The molecule has 7 heteroatoms. The van der Waals surface area contributed by atoms with Gasteiger partial charge in [-0.2, -0.15) is 0 Å². The van der Waals surface area contributed by atoms with Crippen molar-refractivity contribution in [2.45, 2.75) is 19.9 Å². The highest BCUT2D eigenvalue weighted by Gasteiger charge is 2.10. The minimum Gasteiger partial charge on any atom is -0.476 e. The second-order valence-corrected chi connectivity index (χ2v) is 3.36. The number of hydrogen-bond donors (Lipinski definition) is 3. The number of carboxylic acid groups (broad SMARTS) is 1. The average Bonchev–Trinajstić information content (AvgIpc) is 2.73. The van der Waals surface area contributed by atoms with Crippen LogP contribution in [-0.2, 0) is 11.3 Å². The molecule has 3 N–H and O–H groups in total. The normalized spacial score (nSPS) is 10.2. The number of nitrogens with zero attached hydrogens (tertiary/aromatic N) is 1. The summed E-state index contributed by atoms with van der Waals surface area (Å²) < 4.78 is 4.79. The molecule has 0 aromatic carbocycles. The van der Waals surface area contributed by atoms with Crippen molar-refractivity contribution >= 4 is 11.9 Å². The maximum absolute atomic E-state index is 11.1. The number of hydrogen-bond acceptors (Lipinski definition) is 5. The van der Waals surface area contributed by atoms with Crippen LogP contribution in [0.15, 0.2) is 10.6 Å². The molecular formula is C10H15N3O4. The fourth-order valence-electron chi connectivity index (χ4n) is 1.20. The summed E-state index contributed by atoms with van der Waals surface area (Å²) in [6.45, 7) is 3.31. The minimum absolute atomic E-state index is 0.0243. The van der Waals surface area contributed by atoms with E-state index in [0.29, 0.717) is 31.8 Å². The van der Waals surface area contributed by atoms with Gasteiger partial charge in [0.15, 0.2) is 11.5 Å². The van der Waals surface area contributed by atoms with E-state index in [-0.39, 0.29) is 11.6 Å². The molecule has 0 aliphatic heterocycles. The second kappa shape index (κ2) is 6.64. The van der Waals surface area contributed by atoms with Gasteiger partial charge < -0.3 is 20.3 Å². The van der Waals surface area contributed by atoms with Crippen LogP contribution in [-0.4, -0.2) is 35.2 Å². The van der Waals surface area contributed by atoms with E-state index in [4.69, 9.17) is 9.63 Å². The number of carbonyl (C=O) groups is 2. The lowest BCUT2D eigenvalue weighted by Crippen LogP contribution is -2.27. The molecule has 0 fully saturated rings. The quantitative estimate of drug-likeness (QED) is 0.580. The summed E-state index contributed by atoms with van der Waals surface area (Å²) in [7, 11) is 0. The number of aromatic nitrogens is 1. The lowest BCUT2D eigenvalue weighted by atomic mass is 10.3. The van der Waals surface area contributed by atoms with Crippen LogP contribution in [0.25, 0.3) is 0 Å². The summed E-state index contributed by atoms with van der Waals surface area (Å²) in [5, 5.41) is 17.6. The molecule has 1 aromatic heterocycles. The maximum Gasteiger partial charge on any atom is 0.358 e. The Balaban J connectivity index is 2.22. The molecule has 0 bridgehead atoms. The van der Waals surface area contributed by atoms with Gasteiger partial charge in [0.05, 0.1) is 6.54 Å². The van der Waals surface area contributed by atoms with Gasteiger partial charge in [-0.3, -0.25) is 4.79 Å². The third kappa shape index (κ3) is 4.64. The van der Waals surface area contributed by atoms with Crippen molar-refractivity contribution in [2.24, 2.45) is 0 Å². The predicted octanol–water partition coefficient (Wildman–Crippen LogP) is -0.0114. The first-order chi connectivity index (χ1) is 8.13. The van der Waals surface area contributed by atoms with Crippen molar-refractivity contribution in [3.8, 4) is 0 Å². The van der Waals surface area contributed by atoms with Gasteiger partial charge in [0, 0.05) is 25.6 Å². The molecular weight excluding hydrogens is 226 g/mol. The van der Waals surface area contributed by atoms with Crippen LogP contribution in [0.3, 0.4) is 0 Å². The second-order valence-electron chi connectivity index (χ2n) is 3.36. The summed E-state index contributed by atoms with van der Waals surface area (Å²) in [6.07, 6.45) is 0.369. The molecule has 0 atom stereocenters. The third-order valence-corrected chi connectivity index (χ3v) is 1.98. The van der Waals surface area contributed by atoms with Gasteiger partial charge in [-0.25, -0.2) is 4.79 Å². The van der Waals surface area contributed by atoms with E-state index in [1.54, 1.807) is 0 Å². The van der Waals surface area contributed by atoms with Gasteiger partial charge in [0.2, 0.25) is 5.91 Å². The van der Waals surface area contributed by atoms with E-state index in [9.17, 15) is 9.59 Å². The fraction of sp³-hybridized carbons (Fsp3) is 0.500. The number of carbonyl (C=O) groups excluding carboxylic acids is 1. The molecule has 0 aliphatic rings. The SMILES string of the molecule is CCNC(=O)CCNCc1cc(C(=O)O)no1. The molecule has 1 rings (SSSR count). The lowest BCUT2D eigenvalue weighted by Gasteiger charge is -2.02. The van der Waals surface area contributed by atoms with E-state index in [2.05, 4.69) is 15.8 Å². The molecule has 0 saturated carbocycles. The lowest BCUT2D eigenvalue weighted by molar-refractivity contribution is -0.120. The summed E-state index contributed by atoms with van der Waals surface area (Å²) in [6, 6.07) is 1.35. The summed E-state index contributed by atoms with van der Waals surface area (Å²) in [4.78, 5) is 21.6. The molecule has 1 heterocycles. The molecule has 7 nitrogen and oxygen atoms in total. The Morgan fingerprint density at radius 3 is 2.88 bits per heavy atom. The average molecular weight is 241 g/mol.